The van der Waals surface area contributed by atoms with Crippen LogP contribution in [-0.2, 0) is 9.63 Å². The number of fused-ring (bicyclic) bond motifs is 1. The zero-order valence-corrected chi connectivity index (χ0v) is 11.1. The summed E-state index contributed by atoms with van der Waals surface area (Å²) in [6.07, 6.45) is 2.82. The maximum Gasteiger partial charge on any atom is 0.267 e. The van der Waals surface area contributed by atoms with Gasteiger partial charge in [0.05, 0.1) is 5.60 Å². The number of oxazole rings is 1. The first-order chi connectivity index (χ1) is 8.94. The average molecular weight is 260 g/mol. The molecule has 1 amide bonds. The molecule has 0 saturated heterocycles. The number of hydrogen-bond acceptors (Lipinski definition) is 4. The second kappa shape index (κ2) is 5.24. The van der Waals surface area contributed by atoms with E-state index < -0.39 is 5.60 Å². The molecule has 0 aliphatic rings. The number of hydroxylamine groups is 1. The number of hydrogen-bond donors (Lipinski definition) is 1. The van der Waals surface area contributed by atoms with Crippen molar-refractivity contribution >= 4 is 23.1 Å². The van der Waals surface area contributed by atoms with Crippen molar-refractivity contribution in [3.05, 3.63) is 36.2 Å². The predicted octanol–water partition coefficient (Wildman–Crippen LogP) is 2.69. The first-order valence-electron chi connectivity index (χ1n) is 5.96. The highest BCUT2D eigenvalue weighted by Crippen LogP contribution is 2.15. The summed E-state index contributed by atoms with van der Waals surface area (Å²) < 4.78 is 5.45. The van der Waals surface area contributed by atoms with E-state index >= 15 is 0 Å². The molecule has 2 rings (SSSR count). The van der Waals surface area contributed by atoms with Gasteiger partial charge in [-0.15, -0.1) is 0 Å². The van der Waals surface area contributed by atoms with E-state index in [4.69, 9.17) is 9.25 Å². The van der Waals surface area contributed by atoms with Crippen molar-refractivity contribution in [3.8, 4) is 0 Å². The number of benzene rings is 1. The van der Waals surface area contributed by atoms with E-state index in [2.05, 4.69) is 10.5 Å². The number of carbonyl (C=O) groups excluding carboxylic acids is 1. The summed E-state index contributed by atoms with van der Waals surface area (Å²) in [5.41, 5.74) is 3.35. The van der Waals surface area contributed by atoms with Crippen LogP contribution in [-0.4, -0.2) is 16.5 Å². The Balaban J connectivity index is 2.00. The van der Waals surface area contributed by atoms with Gasteiger partial charge >= 0.3 is 0 Å². The third-order valence-corrected chi connectivity index (χ3v) is 2.15. The molecule has 0 radical (unpaired) electrons. The zero-order valence-electron chi connectivity index (χ0n) is 11.1. The Morgan fingerprint density at radius 3 is 2.79 bits per heavy atom. The molecule has 19 heavy (non-hydrogen) atoms. The van der Waals surface area contributed by atoms with E-state index in [0.29, 0.717) is 11.5 Å². The van der Waals surface area contributed by atoms with E-state index in [1.54, 1.807) is 0 Å². The molecule has 5 nitrogen and oxygen atoms in total. The van der Waals surface area contributed by atoms with Crippen LogP contribution in [0, 0.1) is 0 Å². The second-order valence-electron chi connectivity index (χ2n) is 5.03. The molecule has 2 aromatic rings. The smallest absolute Gasteiger partial charge is 0.267 e. The summed E-state index contributed by atoms with van der Waals surface area (Å²) in [6.45, 7) is 5.54. The monoisotopic (exact) mass is 260 g/mol. The van der Waals surface area contributed by atoms with Crippen LogP contribution < -0.4 is 5.48 Å². The number of nitrogens with one attached hydrogen (secondary N) is 1. The van der Waals surface area contributed by atoms with Crippen molar-refractivity contribution in [2.45, 2.75) is 26.4 Å². The van der Waals surface area contributed by atoms with Gasteiger partial charge in [-0.25, -0.2) is 10.5 Å². The van der Waals surface area contributed by atoms with Crippen molar-refractivity contribution in [2.24, 2.45) is 0 Å². The Hall–Kier alpha value is -2.14. The third kappa shape index (κ3) is 3.93. The number of rotatable bonds is 3. The molecule has 0 spiro atoms. The van der Waals surface area contributed by atoms with E-state index in [-0.39, 0.29) is 5.91 Å². The van der Waals surface area contributed by atoms with Crippen molar-refractivity contribution in [1.82, 2.24) is 10.5 Å². The van der Waals surface area contributed by atoms with E-state index in [1.807, 2.05) is 45.0 Å². The first-order valence-corrected chi connectivity index (χ1v) is 5.96. The standard InChI is InChI=1S/C14H16N2O3/c1-14(2,3)19-16-12(17)8-9-13-15-10-6-4-5-7-11(10)18-13/h4-9H,1-3H3,(H,16,17)/b9-8+. The lowest BCUT2D eigenvalue weighted by Gasteiger charge is -2.17. The molecule has 0 unspecified atom stereocenters. The molecule has 0 fully saturated rings. The van der Waals surface area contributed by atoms with Crippen LogP contribution in [0.15, 0.2) is 34.8 Å². The molecule has 1 heterocycles. The lowest BCUT2D eigenvalue weighted by Crippen LogP contribution is -2.32. The van der Waals surface area contributed by atoms with Gasteiger partial charge in [0, 0.05) is 12.2 Å². The van der Waals surface area contributed by atoms with Crippen LogP contribution in [0.5, 0.6) is 0 Å². The maximum absolute atomic E-state index is 11.5. The highest BCUT2D eigenvalue weighted by Gasteiger charge is 2.11. The molecule has 5 heteroatoms. The maximum atomic E-state index is 11.5. The summed E-state index contributed by atoms with van der Waals surface area (Å²) in [6, 6.07) is 7.41. The fraction of sp³-hybridized carbons (Fsp3) is 0.286. The summed E-state index contributed by atoms with van der Waals surface area (Å²) in [5, 5.41) is 0. The molecular formula is C14H16N2O3. The topological polar surface area (TPSA) is 64.4 Å². The molecule has 0 aliphatic carbocycles. The van der Waals surface area contributed by atoms with Gasteiger partial charge in [-0.3, -0.25) is 9.63 Å². The highest BCUT2D eigenvalue weighted by atomic mass is 16.7. The number of para-hydroxylation sites is 2. The van der Waals surface area contributed by atoms with E-state index in [9.17, 15) is 4.79 Å². The van der Waals surface area contributed by atoms with Crippen molar-refractivity contribution in [1.29, 1.82) is 0 Å². The van der Waals surface area contributed by atoms with Crippen molar-refractivity contribution < 1.29 is 14.0 Å². The van der Waals surface area contributed by atoms with Gasteiger partial charge in [-0.1, -0.05) is 12.1 Å². The number of amides is 1. The Bertz CT molecular complexity index is 575. The minimum atomic E-state index is -0.429. The fourth-order valence-electron chi connectivity index (χ4n) is 1.35. The van der Waals surface area contributed by atoms with Gasteiger partial charge in [0.1, 0.15) is 5.52 Å². The van der Waals surface area contributed by atoms with E-state index in [0.717, 1.165) is 5.52 Å². The van der Waals surface area contributed by atoms with E-state index in [1.165, 1.54) is 12.2 Å². The molecular weight excluding hydrogens is 244 g/mol. The Morgan fingerprint density at radius 1 is 1.37 bits per heavy atom. The van der Waals surface area contributed by atoms with Crippen LogP contribution in [0.25, 0.3) is 17.2 Å². The number of nitrogens with zero attached hydrogens (tertiary/aromatic N) is 1. The molecule has 0 atom stereocenters. The Morgan fingerprint density at radius 2 is 2.11 bits per heavy atom. The minimum Gasteiger partial charge on any atom is -0.437 e. The fourth-order valence-corrected chi connectivity index (χ4v) is 1.35. The molecule has 0 bridgehead atoms. The lowest BCUT2D eigenvalue weighted by molar-refractivity contribution is -0.140. The third-order valence-electron chi connectivity index (χ3n) is 2.15. The van der Waals surface area contributed by atoms with Crippen LogP contribution in [0.1, 0.15) is 26.7 Å². The highest BCUT2D eigenvalue weighted by molar-refractivity contribution is 5.90. The average Bonchev–Trinajstić information content (AvgIpc) is 2.75. The van der Waals surface area contributed by atoms with Crippen LogP contribution >= 0.6 is 0 Å². The second-order valence-corrected chi connectivity index (χ2v) is 5.03. The molecule has 0 saturated carbocycles. The zero-order chi connectivity index (χ0) is 13.9. The molecule has 0 aliphatic heterocycles. The van der Waals surface area contributed by atoms with Crippen LogP contribution in [0.3, 0.4) is 0 Å². The van der Waals surface area contributed by atoms with Gasteiger partial charge in [0.25, 0.3) is 5.91 Å². The molecule has 100 valence electrons. The van der Waals surface area contributed by atoms with Gasteiger partial charge in [-0.05, 0) is 32.9 Å². The van der Waals surface area contributed by atoms with Crippen molar-refractivity contribution in [2.75, 3.05) is 0 Å². The van der Waals surface area contributed by atoms with Crippen molar-refractivity contribution in [3.63, 3.8) is 0 Å². The Kier molecular flexibility index (Phi) is 3.66. The summed E-state index contributed by atoms with van der Waals surface area (Å²) in [5.74, 6) is 0.0179. The largest absolute Gasteiger partial charge is 0.437 e. The molecule has 1 aromatic heterocycles. The minimum absolute atomic E-state index is 0.364. The van der Waals surface area contributed by atoms with Gasteiger partial charge in [0.2, 0.25) is 5.89 Å². The SMILES string of the molecule is CC(C)(C)ONC(=O)/C=C/c1nc2ccccc2o1. The van der Waals surface area contributed by atoms with Gasteiger partial charge in [-0.2, -0.15) is 0 Å². The summed E-state index contributed by atoms with van der Waals surface area (Å²) in [7, 11) is 0. The lowest BCUT2D eigenvalue weighted by atomic mass is 10.2. The summed E-state index contributed by atoms with van der Waals surface area (Å²) in [4.78, 5) is 20.8. The normalized spacial score (nSPS) is 12.2. The van der Waals surface area contributed by atoms with Gasteiger partial charge in [0.15, 0.2) is 5.58 Å². The predicted molar refractivity (Wildman–Crippen MR) is 72.0 cm³/mol. The van der Waals surface area contributed by atoms with Crippen LogP contribution in [0.4, 0.5) is 0 Å². The quantitative estimate of drug-likeness (QED) is 0.680. The molecule has 1 aromatic carbocycles. The van der Waals surface area contributed by atoms with Gasteiger partial charge < -0.3 is 4.42 Å². The summed E-state index contributed by atoms with van der Waals surface area (Å²) >= 11 is 0. The molecule has 1 N–H and O–H groups in total. The number of carbonyl (C=O) groups is 1. The van der Waals surface area contributed by atoms with Crippen LogP contribution in [0.2, 0.25) is 0 Å². The first kappa shape index (κ1) is 13.3. The Labute approximate surface area is 111 Å². The number of aromatic nitrogens is 1.